The minimum absolute atomic E-state index is 0.0944. The molecule has 0 aliphatic carbocycles. The van der Waals surface area contributed by atoms with E-state index in [4.69, 9.17) is 14.5 Å². The number of fused-ring (bicyclic) bond motifs is 1. The Morgan fingerprint density at radius 1 is 1.12 bits per heavy atom. The highest BCUT2D eigenvalue weighted by molar-refractivity contribution is 5.94. The molecule has 2 aliphatic heterocycles. The maximum absolute atomic E-state index is 11.7. The van der Waals surface area contributed by atoms with Gasteiger partial charge in [0, 0.05) is 35.6 Å². The number of carboxylic acids is 1. The Labute approximate surface area is 193 Å². The number of hydrogen-bond donors (Lipinski definition) is 2. The number of aromatic nitrogens is 1. The van der Waals surface area contributed by atoms with Gasteiger partial charge in [0.25, 0.3) is 0 Å². The van der Waals surface area contributed by atoms with Crippen molar-refractivity contribution in [1.82, 2.24) is 4.98 Å². The van der Waals surface area contributed by atoms with Crippen LogP contribution in [-0.4, -0.2) is 42.5 Å². The van der Waals surface area contributed by atoms with Crippen molar-refractivity contribution >= 4 is 22.6 Å². The van der Waals surface area contributed by atoms with E-state index in [1.54, 1.807) is 12.1 Å². The van der Waals surface area contributed by atoms with Crippen LogP contribution in [0, 0.1) is 6.92 Å². The Hall–Kier alpha value is -2.96. The predicted octanol–water partition coefficient (Wildman–Crippen LogP) is 5.42. The number of rotatable bonds is 6. The van der Waals surface area contributed by atoms with Crippen LogP contribution in [0.15, 0.2) is 42.5 Å². The summed E-state index contributed by atoms with van der Waals surface area (Å²) in [6, 6.07) is 13.6. The standard InChI is InChI=1S/C27H30N2O4/c1-16-10-21(17(2)28-24-8-4-3-7-20(24)27(30)31)23-12-22(18-6-5-9-32-13-18)26(19-14-33-15-19)29-25(23)11-16/h3-4,7-8,10-12,17-19,28H,5-6,9,13-15H2,1-2H3,(H,30,31)/t17-,18+/m1/s1. The molecule has 6 nitrogen and oxygen atoms in total. The van der Waals surface area contributed by atoms with Crippen LogP contribution < -0.4 is 5.32 Å². The molecule has 33 heavy (non-hydrogen) atoms. The summed E-state index contributed by atoms with van der Waals surface area (Å²) in [4.78, 5) is 16.9. The normalized spacial score (nSPS) is 19.8. The van der Waals surface area contributed by atoms with Gasteiger partial charge < -0.3 is 19.9 Å². The molecule has 5 rings (SSSR count). The third kappa shape index (κ3) is 4.33. The molecular weight excluding hydrogens is 416 g/mol. The third-order valence-electron chi connectivity index (χ3n) is 6.79. The number of pyridine rings is 1. The summed E-state index contributed by atoms with van der Waals surface area (Å²) in [5, 5.41) is 14.1. The number of nitrogens with zero attached hydrogens (tertiary/aromatic N) is 1. The molecule has 2 aromatic carbocycles. The van der Waals surface area contributed by atoms with Gasteiger partial charge in [-0.2, -0.15) is 0 Å². The van der Waals surface area contributed by atoms with Crippen molar-refractivity contribution in [1.29, 1.82) is 0 Å². The van der Waals surface area contributed by atoms with E-state index < -0.39 is 5.97 Å². The summed E-state index contributed by atoms with van der Waals surface area (Å²) in [5.74, 6) is -0.252. The topological polar surface area (TPSA) is 80.7 Å². The molecule has 3 heterocycles. The Balaban J connectivity index is 1.59. The monoisotopic (exact) mass is 446 g/mol. The predicted molar refractivity (Wildman–Crippen MR) is 128 cm³/mol. The van der Waals surface area contributed by atoms with E-state index in [0.29, 0.717) is 17.5 Å². The van der Waals surface area contributed by atoms with Gasteiger partial charge in [-0.15, -0.1) is 0 Å². The van der Waals surface area contributed by atoms with Gasteiger partial charge >= 0.3 is 5.97 Å². The van der Waals surface area contributed by atoms with Gasteiger partial charge in [-0.25, -0.2) is 4.79 Å². The molecule has 3 aromatic rings. The lowest BCUT2D eigenvalue weighted by Gasteiger charge is -2.32. The maximum atomic E-state index is 11.7. The van der Waals surface area contributed by atoms with E-state index in [9.17, 15) is 9.90 Å². The highest BCUT2D eigenvalue weighted by atomic mass is 16.5. The number of ether oxygens (including phenoxy) is 2. The van der Waals surface area contributed by atoms with E-state index in [0.717, 1.165) is 67.0 Å². The summed E-state index contributed by atoms with van der Waals surface area (Å²) in [5.41, 5.74) is 6.54. The van der Waals surface area contributed by atoms with Gasteiger partial charge in [0.2, 0.25) is 0 Å². The molecule has 172 valence electrons. The van der Waals surface area contributed by atoms with Crippen molar-refractivity contribution in [2.45, 2.75) is 44.6 Å². The first-order chi connectivity index (χ1) is 16.0. The molecule has 0 radical (unpaired) electrons. The van der Waals surface area contributed by atoms with Gasteiger partial charge in [-0.1, -0.05) is 18.2 Å². The summed E-state index contributed by atoms with van der Waals surface area (Å²) in [6.45, 7) is 7.16. The van der Waals surface area contributed by atoms with Crippen LogP contribution in [0.2, 0.25) is 0 Å². The first-order valence-corrected chi connectivity index (χ1v) is 11.7. The summed E-state index contributed by atoms with van der Waals surface area (Å²) in [6.07, 6.45) is 2.17. The fraction of sp³-hybridized carbons (Fsp3) is 0.407. The van der Waals surface area contributed by atoms with E-state index in [1.807, 2.05) is 12.1 Å². The second kappa shape index (κ2) is 9.12. The van der Waals surface area contributed by atoms with E-state index in [1.165, 1.54) is 5.56 Å². The summed E-state index contributed by atoms with van der Waals surface area (Å²) in [7, 11) is 0. The SMILES string of the molecule is Cc1cc([C@@H](C)Nc2ccccc2C(=O)O)c2cc([C@H]3CCCOC3)c(C3COC3)nc2c1. The minimum atomic E-state index is -0.937. The van der Waals surface area contributed by atoms with Crippen molar-refractivity contribution in [3.05, 3.63) is 70.4 Å². The van der Waals surface area contributed by atoms with Crippen LogP contribution in [-0.2, 0) is 9.47 Å². The molecule has 0 bridgehead atoms. The fourth-order valence-electron chi connectivity index (χ4n) is 4.98. The van der Waals surface area contributed by atoms with E-state index in [2.05, 4.69) is 37.4 Å². The third-order valence-corrected chi connectivity index (χ3v) is 6.79. The Bertz CT molecular complexity index is 1180. The molecule has 0 unspecified atom stereocenters. The van der Waals surface area contributed by atoms with Gasteiger partial charge in [-0.05, 0) is 67.6 Å². The Kier molecular flexibility index (Phi) is 6.04. The second-order valence-electron chi connectivity index (χ2n) is 9.25. The summed E-state index contributed by atoms with van der Waals surface area (Å²) < 4.78 is 11.3. The Morgan fingerprint density at radius 3 is 2.61 bits per heavy atom. The van der Waals surface area contributed by atoms with E-state index >= 15 is 0 Å². The highest BCUT2D eigenvalue weighted by Crippen LogP contribution is 2.38. The van der Waals surface area contributed by atoms with Crippen molar-refractivity contribution < 1.29 is 19.4 Å². The van der Waals surface area contributed by atoms with Crippen molar-refractivity contribution in [3.63, 3.8) is 0 Å². The molecule has 1 aromatic heterocycles. The lowest BCUT2D eigenvalue weighted by molar-refractivity contribution is 0.00566. The van der Waals surface area contributed by atoms with Crippen LogP contribution in [0.4, 0.5) is 5.69 Å². The quantitative estimate of drug-likeness (QED) is 0.526. The molecule has 6 heteroatoms. The van der Waals surface area contributed by atoms with Gasteiger partial charge in [0.05, 0.1) is 36.6 Å². The fourth-order valence-corrected chi connectivity index (χ4v) is 4.98. The highest BCUT2D eigenvalue weighted by Gasteiger charge is 2.30. The first kappa shape index (κ1) is 21.9. The number of hydrogen-bond acceptors (Lipinski definition) is 5. The van der Waals surface area contributed by atoms with Gasteiger partial charge in [0.1, 0.15) is 0 Å². The number of aryl methyl sites for hydroxylation is 1. The lowest BCUT2D eigenvalue weighted by atomic mass is 9.85. The number of carboxylic acid groups (broad SMARTS) is 1. The number of benzene rings is 2. The van der Waals surface area contributed by atoms with Crippen LogP contribution in [0.1, 0.15) is 70.4 Å². The number of nitrogens with one attached hydrogen (secondary N) is 1. The zero-order valence-electron chi connectivity index (χ0n) is 19.1. The smallest absolute Gasteiger partial charge is 0.337 e. The minimum Gasteiger partial charge on any atom is -0.478 e. The molecule has 0 amide bonds. The van der Waals surface area contributed by atoms with Crippen LogP contribution in [0.25, 0.3) is 10.9 Å². The van der Waals surface area contributed by atoms with Gasteiger partial charge in [-0.3, -0.25) is 4.98 Å². The zero-order valence-corrected chi connectivity index (χ0v) is 19.1. The molecule has 2 N–H and O–H groups in total. The average molecular weight is 447 g/mol. The largest absolute Gasteiger partial charge is 0.478 e. The van der Waals surface area contributed by atoms with E-state index in [-0.39, 0.29) is 11.6 Å². The molecule has 2 fully saturated rings. The molecule has 0 spiro atoms. The number of para-hydroxylation sites is 1. The van der Waals surface area contributed by atoms with Gasteiger partial charge in [0.15, 0.2) is 0 Å². The number of aromatic carboxylic acids is 1. The number of anilines is 1. The maximum Gasteiger partial charge on any atom is 0.337 e. The van der Waals surface area contributed by atoms with Crippen molar-refractivity contribution in [3.8, 4) is 0 Å². The summed E-state index contributed by atoms with van der Waals surface area (Å²) >= 11 is 0. The lowest BCUT2D eigenvalue weighted by Crippen LogP contribution is -2.29. The molecule has 2 saturated heterocycles. The molecule has 2 aliphatic rings. The number of carbonyl (C=O) groups is 1. The van der Waals surface area contributed by atoms with Crippen LogP contribution in [0.3, 0.4) is 0 Å². The molecule has 0 saturated carbocycles. The van der Waals surface area contributed by atoms with Crippen LogP contribution >= 0.6 is 0 Å². The van der Waals surface area contributed by atoms with Crippen LogP contribution in [0.5, 0.6) is 0 Å². The average Bonchev–Trinajstić information content (AvgIpc) is 2.77. The van der Waals surface area contributed by atoms with Crippen molar-refractivity contribution in [2.24, 2.45) is 0 Å². The second-order valence-corrected chi connectivity index (χ2v) is 9.25. The Morgan fingerprint density at radius 2 is 1.91 bits per heavy atom. The van der Waals surface area contributed by atoms with Crippen molar-refractivity contribution in [2.75, 3.05) is 31.7 Å². The molecular formula is C27H30N2O4. The molecule has 2 atom stereocenters. The zero-order chi connectivity index (χ0) is 22.9. The first-order valence-electron chi connectivity index (χ1n) is 11.7.